The summed E-state index contributed by atoms with van der Waals surface area (Å²) in [6.07, 6.45) is 4.01. The highest BCUT2D eigenvalue weighted by Crippen LogP contribution is 2.39. The van der Waals surface area contributed by atoms with Gasteiger partial charge < -0.3 is 14.9 Å². The van der Waals surface area contributed by atoms with E-state index in [1.807, 2.05) is 4.90 Å². The molecule has 0 spiro atoms. The smallest absolute Gasteiger partial charge is 0.335 e. The van der Waals surface area contributed by atoms with Gasteiger partial charge in [-0.1, -0.05) is 0 Å². The van der Waals surface area contributed by atoms with Gasteiger partial charge in [0.15, 0.2) is 0 Å². The number of benzene rings is 1. The molecular formula is C15H21N3O4S. The van der Waals surface area contributed by atoms with Gasteiger partial charge in [-0.05, 0) is 37.8 Å². The predicted octanol–water partition coefficient (Wildman–Crippen LogP) is 1.23. The minimum atomic E-state index is -4.01. The van der Waals surface area contributed by atoms with Crippen LogP contribution < -0.4 is 14.9 Å². The van der Waals surface area contributed by atoms with Crippen LogP contribution in [0.5, 0.6) is 0 Å². The number of aromatic carboxylic acids is 1. The molecule has 1 aromatic carbocycles. The zero-order valence-electron chi connectivity index (χ0n) is 12.9. The summed E-state index contributed by atoms with van der Waals surface area (Å²) in [5.74, 6) is -1.15. The summed E-state index contributed by atoms with van der Waals surface area (Å²) >= 11 is 0. The predicted molar refractivity (Wildman–Crippen MR) is 87.7 cm³/mol. The Kier molecular flexibility index (Phi) is 4.20. The van der Waals surface area contributed by atoms with Crippen LogP contribution in [0, 0.1) is 0 Å². The molecule has 23 heavy (non-hydrogen) atoms. The highest BCUT2D eigenvalue weighted by molar-refractivity contribution is 7.89. The van der Waals surface area contributed by atoms with E-state index in [4.69, 9.17) is 5.14 Å². The first kappa shape index (κ1) is 16.1. The highest BCUT2D eigenvalue weighted by Gasteiger charge is 2.29. The van der Waals surface area contributed by atoms with Crippen molar-refractivity contribution in [2.45, 2.75) is 30.6 Å². The molecule has 2 aliphatic rings. The van der Waals surface area contributed by atoms with Crippen molar-refractivity contribution < 1.29 is 18.3 Å². The van der Waals surface area contributed by atoms with Crippen LogP contribution in [0.3, 0.4) is 0 Å². The van der Waals surface area contributed by atoms with Gasteiger partial charge in [0.05, 0.1) is 16.9 Å². The molecule has 2 saturated heterocycles. The molecule has 3 N–H and O–H groups in total. The van der Waals surface area contributed by atoms with Gasteiger partial charge in [0.25, 0.3) is 0 Å². The molecule has 126 valence electrons. The molecule has 2 aliphatic heterocycles. The quantitative estimate of drug-likeness (QED) is 0.855. The van der Waals surface area contributed by atoms with Crippen LogP contribution in [0.25, 0.3) is 0 Å². The maximum Gasteiger partial charge on any atom is 0.335 e. The van der Waals surface area contributed by atoms with Gasteiger partial charge in [-0.15, -0.1) is 0 Å². The van der Waals surface area contributed by atoms with Crippen LogP contribution in [0.1, 0.15) is 36.0 Å². The number of nitrogens with two attached hydrogens (primary N) is 1. The SMILES string of the molecule is NS(=O)(=O)c1cc(C(=O)O)cc(N2CCCC2)c1N1CCCC1. The molecule has 0 aromatic heterocycles. The number of hydrogen-bond acceptors (Lipinski definition) is 5. The van der Waals surface area contributed by atoms with Gasteiger partial charge in [-0.25, -0.2) is 18.4 Å². The van der Waals surface area contributed by atoms with E-state index in [2.05, 4.69) is 4.90 Å². The largest absolute Gasteiger partial charge is 0.478 e. The third kappa shape index (κ3) is 3.13. The Morgan fingerprint density at radius 1 is 1.00 bits per heavy atom. The molecule has 0 unspecified atom stereocenters. The molecule has 0 amide bonds. The fraction of sp³-hybridized carbons (Fsp3) is 0.533. The lowest BCUT2D eigenvalue weighted by Gasteiger charge is -2.29. The van der Waals surface area contributed by atoms with Crippen molar-refractivity contribution in [3.05, 3.63) is 17.7 Å². The average molecular weight is 339 g/mol. The van der Waals surface area contributed by atoms with Crippen LogP contribution in [-0.4, -0.2) is 45.7 Å². The van der Waals surface area contributed by atoms with Crippen molar-refractivity contribution in [2.24, 2.45) is 5.14 Å². The summed E-state index contributed by atoms with van der Waals surface area (Å²) < 4.78 is 24.2. The van der Waals surface area contributed by atoms with E-state index in [0.717, 1.165) is 51.9 Å². The van der Waals surface area contributed by atoms with E-state index < -0.39 is 16.0 Å². The minimum Gasteiger partial charge on any atom is -0.478 e. The van der Waals surface area contributed by atoms with Gasteiger partial charge in [0.1, 0.15) is 4.90 Å². The number of primary sulfonamides is 1. The molecule has 0 atom stereocenters. The first-order chi connectivity index (χ1) is 10.9. The summed E-state index contributed by atoms with van der Waals surface area (Å²) in [7, 11) is -4.01. The number of rotatable bonds is 4. The maximum atomic E-state index is 12.1. The van der Waals surface area contributed by atoms with Crippen molar-refractivity contribution in [1.82, 2.24) is 0 Å². The molecule has 0 bridgehead atoms. The molecular weight excluding hydrogens is 318 g/mol. The molecule has 0 aliphatic carbocycles. The number of carbonyl (C=O) groups is 1. The molecule has 0 saturated carbocycles. The van der Waals surface area contributed by atoms with E-state index in [-0.39, 0.29) is 10.5 Å². The zero-order chi connectivity index (χ0) is 16.6. The molecule has 2 fully saturated rings. The zero-order valence-corrected chi connectivity index (χ0v) is 13.7. The number of sulfonamides is 1. The molecule has 3 rings (SSSR count). The number of carboxylic acid groups (broad SMARTS) is 1. The van der Waals surface area contributed by atoms with Crippen LogP contribution in [0.4, 0.5) is 11.4 Å². The fourth-order valence-corrected chi connectivity index (χ4v) is 4.19. The first-order valence-corrected chi connectivity index (χ1v) is 9.36. The molecule has 2 heterocycles. The highest BCUT2D eigenvalue weighted by atomic mass is 32.2. The Labute approximate surface area is 135 Å². The van der Waals surface area contributed by atoms with Gasteiger partial charge in [-0.3, -0.25) is 0 Å². The summed E-state index contributed by atoms with van der Waals surface area (Å²) in [6, 6.07) is 2.76. The molecule has 8 heteroatoms. The lowest BCUT2D eigenvalue weighted by molar-refractivity contribution is 0.0696. The van der Waals surface area contributed by atoms with E-state index in [1.165, 1.54) is 6.07 Å². The number of anilines is 2. The van der Waals surface area contributed by atoms with E-state index in [0.29, 0.717) is 11.4 Å². The van der Waals surface area contributed by atoms with Gasteiger partial charge in [0, 0.05) is 26.2 Å². The van der Waals surface area contributed by atoms with Crippen molar-refractivity contribution >= 4 is 27.4 Å². The van der Waals surface area contributed by atoms with Crippen LogP contribution >= 0.6 is 0 Å². The number of nitrogens with zero attached hydrogens (tertiary/aromatic N) is 2. The normalized spacial score (nSPS) is 18.7. The van der Waals surface area contributed by atoms with Crippen LogP contribution in [0.15, 0.2) is 17.0 Å². The Morgan fingerprint density at radius 2 is 1.52 bits per heavy atom. The van der Waals surface area contributed by atoms with Crippen LogP contribution in [0.2, 0.25) is 0 Å². The van der Waals surface area contributed by atoms with Crippen molar-refractivity contribution in [2.75, 3.05) is 36.0 Å². The van der Waals surface area contributed by atoms with Crippen molar-refractivity contribution in [3.63, 3.8) is 0 Å². The van der Waals surface area contributed by atoms with E-state index >= 15 is 0 Å². The summed E-state index contributed by atoms with van der Waals surface area (Å²) in [5, 5.41) is 14.7. The Bertz CT molecular complexity index is 720. The van der Waals surface area contributed by atoms with Crippen molar-refractivity contribution in [3.8, 4) is 0 Å². The molecule has 1 aromatic rings. The van der Waals surface area contributed by atoms with Crippen molar-refractivity contribution in [1.29, 1.82) is 0 Å². The standard InChI is InChI=1S/C15H21N3O4S/c16-23(21,22)13-10-11(15(19)20)9-12(17-5-1-2-6-17)14(13)18-7-3-4-8-18/h9-10H,1-8H2,(H,19,20)(H2,16,21,22). The lowest BCUT2D eigenvalue weighted by atomic mass is 10.1. The van der Waals surface area contributed by atoms with E-state index in [1.54, 1.807) is 6.07 Å². The summed E-state index contributed by atoms with van der Waals surface area (Å²) in [4.78, 5) is 15.4. The summed E-state index contributed by atoms with van der Waals surface area (Å²) in [6.45, 7) is 3.12. The molecule has 7 nitrogen and oxygen atoms in total. The first-order valence-electron chi connectivity index (χ1n) is 7.82. The second-order valence-electron chi connectivity index (χ2n) is 6.08. The van der Waals surface area contributed by atoms with Gasteiger partial charge in [0.2, 0.25) is 10.0 Å². The summed E-state index contributed by atoms with van der Waals surface area (Å²) in [5.41, 5.74) is 1.20. The van der Waals surface area contributed by atoms with Crippen LogP contribution in [-0.2, 0) is 10.0 Å². The number of carboxylic acids is 1. The van der Waals surface area contributed by atoms with E-state index in [9.17, 15) is 18.3 Å². The second-order valence-corrected chi connectivity index (χ2v) is 7.61. The topological polar surface area (TPSA) is 104 Å². The third-order valence-electron chi connectivity index (χ3n) is 4.48. The van der Waals surface area contributed by atoms with Gasteiger partial charge in [-0.2, -0.15) is 0 Å². The monoisotopic (exact) mass is 339 g/mol. The Balaban J connectivity index is 2.24. The maximum absolute atomic E-state index is 12.1. The third-order valence-corrected chi connectivity index (χ3v) is 5.40. The molecule has 0 radical (unpaired) electrons. The fourth-order valence-electron chi connectivity index (χ4n) is 3.39. The Morgan fingerprint density at radius 3 is 2.00 bits per heavy atom. The van der Waals surface area contributed by atoms with Gasteiger partial charge >= 0.3 is 5.97 Å². The average Bonchev–Trinajstić information content (AvgIpc) is 3.18. The lowest BCUT2D eigenvalue weighted by Crippen LogP contribution is -2.28. The Hall–Kier alpha value is -1.80. The second kappa shape index (κ2) is 6.01. The minimum absolute atomic E-state index is 0.0427. The number of hydrogen-bond donors (Lipinski definition) is 2.